The molecule has 2 saturated heterocycles. The molecule has 2 heterocycles. The van der Waals surface area contributed by atoms with E-state index in [2.05, 4.69) is 53.1 Å². The molecule has 2 aliphatic rings. The van der Waals surface area contributed by atoms with Gasteiger partial charge >= 0.3 is 0 Å². The van der Waals surface area contributed by atoms with E-state index in [9.17, 15) is 0 Å². The molecule has 0 aromatic rings. The molecule has 1 unspecified atom stereocenters. The van der Waals surface area contributed by atoms with Gasteiger partial charge in [0, 0.05) is 44.8 Å². The predicted octanol–water partition coefficient (Wildman–Crippen LogP) is 0.238. The second kappa shape index (κ2) is 9.18. The quantitative estimate of drug-likeness (QED) is 0.692. The number of nitrogens with one attached hydrogen (secondary N) is 1. The Kier molecular flexibility index (Phi) is 7.57. The van der Waals surface area contributed by atoms with Crippen molar-refractivity contribution in [3.63, 3.8) is 0 Å². The summed E-state index contributed by atoms with van der Waals surface area (Å²) in [4.78, 5) is 10.1. The van der Waals surface area contributed by atoms with E-state index in [0.29, 0.717) is 0 Å². The van der Waals surface area contributed by atoms with Gasteiger partial charge in [-0.05, 0) is 67.1 Å². The van der Waals surface area contributed by atoms with Crippen molar-refractivity contribution in [2.45, 2.75) is 31.3 Å². The maximum Gasteiger partial charge on any atom is 0.0229 e. The Hall–Kier alpha value is -0.200. The summed E-state index contributed by atoms with van der Waals surface area (Å²) in [7, 11) is 8.78. The van der Waals surface area contributed by atoms with Crippen LogP contribution in [0.2, 0.25) is 0 Å². The van der Waals surface area contributed by atoms with Crippen LogP contribution in [0.15, 0.2) is 0 Å². The predicted molar refractivity (Wildman–Crippen MR) is 94.6 cm³/mol. The summed E-state index contributed by atoms with van der Waals surface area (Å²) < 4.78 is 0. The largest absolute Gasteiger partial charge is 0.317 e. The zero-order valence-corrected chi connectivity index (χ0v) is 15.2. The zero-order valence-electron chi connectivity index (χ0n) is 15.2. The average molecular weight is 312 g/mol. The van der Waals surface area contributed by atoms with E-state index in [-0.39, 0.29) is 0 Å². The lowest BCUT2D eigenvalue weighted by atomic mass is 10.1. The van der Waals surface area contributed by atoms with Crippen LogP contribution in [0.5, 0.6) is 0 Å². The number of rotatable bonds is 8. The first-order valence-electron chi connectivity index (χ1n) is 9.05. The van der Waals surface area contributed by atoms with Gasteiger partial charge in [-0.25, -0.2) is 0 Å². The molecule has 5 heteroatoms. The molecule has 5 nitrogen and oxygen atoms in total. The Morgan fingerprint density at radius 2 is 1.50 bits per heavy atom. The van der Waals surface area contributed by atoms with Crippen LogP contribution in [-0.2, 0) is 0 Å². The smallest absolute Gasteiger partial charge is 0.0229 e. The monoisotopic (exact) mass is 311 g/mol. The third-order valence-electron chi connectivity index (χ3n) is 5.57. The Balaban J connectivity index is 1.54. The summed E-state index contributed by atoms with van der Waals surface area (Å²) in [5.74, 6) is 0. The van der Waals surface area contributed by atoms with E-state index >= 15 is 0 Å². The van der Waals surface area contributed by atoms with Gasteiger partial charge in [-0.3, -0.25) is 0 Å². The van der Waals surface area contributed by atoms with Gasteiger partial charge in [0.1, 0.15) is 0 Å². The van der Waals surface area contributed by atoms with Crippen molar-refractivity contribution in [3.05, 3.63) is 0 Å². The molecule has 0 amide bonds. The SMILES string of the molecule is CNC1CCN(CCN(C)CCN2CCC(N(C)C)C2)CC1. The summed E-state index contributed by atoms with van der Waals surface area (Å²) in [6, 6.07) is 1.51. The van der Waals surface area contributed by atoms with E-state index in [1.165, 1.54) is 71.6 Å². The van der Waals surface area contributed by atoms with Crippen LogP contribution in [0.4, 0.5) is 0 Å². The number of hydrogen-bond acceptors (Lipinski definition) is 5. The van der Waals surface area contributed by atoms with Crippen molar-refractivity contribution >= 4 is 0 Å². The van der Waals surface area contributed by atoms with Gasteiger partial charge in [-0.2, -0.15) is 0 Å². The van der Waals surface area contributed by atoms with Gasteiger partial charge in [0.2, 0.25) is 0 Å². The number of hydrogen-bond donors (Lipinski definition) is 1. The minimum Gasteiger partial charge on any atom is -0.317 e. The molecule has 0 bridgehead atoms. The number of nitrogens with zero attached hydrogens (tertiary/aromatic N) is 4. The summed E-state index contributed by atoms with van der Waals surface area (Å²) in [5.41, 5.74) is 0. The first-order chi connectivity index (χ1) is 10.6. The van der Waals surface area contributed by atoms with Gasteiger partial charge < -0.3 is 24.9 Å². The van der Waals surface area contributed by atoms with Crippen LogP contribution in [-0.4, -0.2) is 112 Å². The molecule has 0 spiro atoms. The first kappa shape index (κ1) is 18.1. The van der Waals surface area contributed by atoms with Crippen LogP contribution in [0.1, 0.15) is 19.3 Å². The zero-order chi connectivity index (χ0) is 15.9. The lowest BCUT2D eigenvalue weighted by molar-refractivity contribution is 0.170. The summed E-state index contributed by atoms with van der Waals surface area (Å²) in [6.45, 7) is 9.90. The van der Waals surface area contributed by atoms with Crippen molar-refractivity contribution in [1.82, 2.24) is 24.9 Å². The van der Waals surface area contributed by atoms with Crippen LogP contribution in [0.3, 0.4) is 0 Å². The van der Waals surface area contributed by atoms with E-state index in [1.807, 2.05) is 0 Å². The first-order valence-corrected chi connectivity index (χ1v) is 9.05. The molecule has 22 heavy (non-hydrogen) atoms. The Morgan fingerprint density at radius 1 is 0.909 bits per heavy atom. The highest BCUT2D eigenvalue weighted by atomic mass is 15.3. The number of likely N-dealkylation sites (N-methyl/N-ethyl adjacent to an activating group) is 2. The fourth-order valence-electron chi connectivity index (χ4n) is 3.62. The van der Waals surface area contributed by atoms with E-state index in [0.717, 1.165) is 12.1 Å². The topological polar surface area (TPSA) is 25.0 Å². The maximum atomic E-state index is 3.41. The van der Waals surface area contributed by atoms with Crippen molar-refractivity contribution in [1.29, 1.82) is 0 Å². The van der Waals surface area contributed by atoms with Crippen molar-refractivity contribution < 1.29 is 0 Å². The highest BCUT2D eigenvalue weighted by Gasteiger charge is 2.23. The van der Waals surface area contributed by atoms with Gasteiger partial charge in [-0.15, -0.1) is 0 Å². The normalized spacial score (nSPS) is 25.6. The number of likely N-dealkylation sites (tertiary alicyclic amines) is 2. The molecule has 0 aliphatic carbocycles. The third-order valence-corrected chi connectivity index (χ3v) is 5.57. The molecule has 0 aromatic heterocycles. The molecule has 2 fully saturated rings. The van der Waals surface area contributed by atoms with Crippen LogP contribution < -0.4 is 5.32 Å². The van der Waals surface area contributed by atoms with Gasteiger partial charge in [0.05, 0.1) is 0 Å². The molecule has 0 saturated carbocycles. The summed E-state index contributed by atoms with van der Waals surface area (Å²) >= 11 is 0. The Bertz CT molecular complexity index is 301. The van der Waals surface area contributed by atoms with E-state index < -0.39 is 0 Å². The van der Waals surface area contributed by atoms with Crippen LogP contribution in [0, 0.1) is 0 Å². The van der Waals surface area contributed by atoms with Crippen molar-refractivity contribution in [2.75, 3.05) is 80.5 Å². The second-order valence-electron chi connectivity index (χ2n) is 7.41. The van der Waals surface area contributed by atoms with Crippen molar-refractivity contribution in [2.24, 2.45) is 0 Å². The number of piperidine rings is 1. The molecule has 1 N–H and O–H groups in total. The lowest BCUT2D eigenvalue weighted by Crippen LogP contribution is -2.44. The fraction of sp³-hybridized carbons (Fsp3) is 1.00. The van der Waals surface area contributed by atoms with Gasteiger partial charge in [0.25, 0.3) is 0 Å². The van der Waals surface area contributed by atoms with E-state index in [1.54, 1.807) is 0 Å². The van der Waals surface area contributed by atoms with Gasteiger partial charge in [-0.1, -0.05) is 0 Å². The van der Waals surface area contributed by atoms with E-state index in [4.69, 9.17) is 0 Å². The average Bonchev–Trinajstić information content (AvgIpc) is 3.00. The van der Waals surface area contributed by atoms with Crippen LogP contribution in [0.25, 0.3) is 0 Å². The third kappa shape index (κ3) is 5.78. The molecule has 130 valence electrons. The molecule has 0 aromatic carbocycles. The lowest BCUT2D eigenvalue weighted by Gasteiger charge is -2.33. The molecule has 2 aliphatic heterocycles. The molecule has 2 rings (SSSR count). The highest BCUT2D eigenvalue weighted by Crippen LogP contribution is 2.13. The minimum atomic E-state index is 0.744. The molecular weight excluding hydrogens is 274 g/mol. The maximum absolute atomic E-state index is 3.41. The van der Waals surface area contributed by atoms with Crippen molar-refractivity contribution in [3.8, 4) is 0 Å². The summed E-state index contributed by atoms with van der Waals surface area (Å²) in [6.07, 6.45) is 3.94. The standard InChI is InChI=1S/C17H37N5/c1-18-16-5-8-21(9-6-16)13-11-20(4)12-14-22-10-7-17(15-22)19(2)3/h16-18H,5-15H2,1-4H3. The Morgan fingerprint density at radius 3 is 2.05 bits per heavy atom. The molecular formula is C17H37N5. The highest BCUT2D eigenvalue weighted by molar-refractivity contribution is 4.81. The Labute approximate surface area is 137 Å². The second-order valence-corrected chi connectivity index (χ2v) is 7.41. The summed E-state index contributed by atoms with van der Waals surface area (Å²) in [5, 5.41) is 3.41. The fourth-order valence-corrected chi connectivity index (χ4v) is 3.62. The molecule has 0 radical (unpaired) electrons. The van der Waals surface area contributed by atoms with Gasteiger partial charge in [0.15, 0.2) is 0 Å². The minimum absolute atomic E-state index is 0.744. The molecule has 1 atom stereocenters. The van der Waals surface area contributed by atoms with Crippen LogP contribution >= 0.6 is 0 Å².